The van der Waals surface area contributed by atoms with Gasteiger partial charge in [-0.3, -0.25) is 0 Å². The number of hydrogen-bond acceptors (Lipinski definition) is 3. The third-order valence-electron chi connectivity index (χ3n) is 3.18. The fourth-order valence-electron chi connectivity index (χ4n) is 2.06. The molecule has 0 aliphatic heterocycles. The molecule has 1 atom stereocenters. The summed E-state index contributed by atoms with van der Waals surface area (Å²) in [4.78, 5) is 0. The van der Waals surface area contributed by atoms with E-state index >= 15 is 0 Å². The van der Waals surface area contributed by atoms with E-state index in [2.05, 4.69) is 10.3 Å². The van der Waals surface area contributed by atoms with Crippen LogP contribution in [0.2, 0.25) is 0 Å². The van der Waals surface area contributed by atoms with E-state index in [1.807, 2.05) is 60.8 Å². The Balaban J connectivity index is 1.96. The van der Waals surface area contributed by atoms with Crippen LogP contribution in [0, 0.1) is 0 Å². The van der Waals surface area contributed by atoms with E-state index in [1.165, 1.54) is 0 Å². The first kappa shape index (κ1) is 12.6. The van der Waals surface area contributed by atoms with Crippen LogP contribution < -0.4 is 0 Å². The lowest BCUT2D eigenvalue weighted by Crippen LogP contribution is -1.98. The Morgan fingerprint density at radius 3 is 2.60 bits per heavy atom. The summed E-state index contributed by atoms with van der Waals surface area (Å²) in [6.07, 6.45) is 1.39. The predicted molar refractivity (Wildman–Crippen MR) is 77.4 cm³/mol. The van der Waals surface area contributed by atoms with Gasteiger partial charge in [0.1, 0.15) is 5.69 Å². The molecule has 0 saturated carbocycles. The van der Waals surface area contributed by atoms with E-state index in [1.54, 1.807) is 11.6 Å². The van der Waals surface area contributed by atoms with Crippen LogP contribution >= 0.6 is 0 Å². The molecule has 0 amide bonds. The Labute approximate surface area is 117 Å². The Hall–Kier alpha value is -2.46. The number of aliphatic hydroxyl groups excluding tert-OH is 1. The summed E-state index contributed by atoms with van der Waals surface area (Å²) in [5.41, 5.74) is 3.61. The lowest BCUT2D eigenvalue weighted by molar-refractivity contribution is 0.199. The molecular weight excluding hydrogens is 250 g/mol. The van der Waals surface area contributed by atoms with Gasteiger partial charge in [-0.05, 0) is 24.6 Å². The van der Waals surface area contributed by atoms with Crippen LogP contribution in [0.25, 0.3) is 16.9 Å². The van der Waals surface area contributed by atoms with Crippen LogP contribution in [0.3, 0.4) is 0 Å². The highest BCUT2D eigenvalue weighted by Crippen LogP contribution is 2.19. The molecule has 0 aliphatic rings. The summed E-state index contributed by atoms with van der Waals surface area (Å²) in [7, 11) is 0. The molecule has 4 nitrogen and oxygen atoms in total. The molecular formula is C16H15N3O. The maximum Gasteiger partial charge on any atom is 0.113 e. The molecule has 4 heteroatoms. The lowest BCUT2D eigenvalue weighted by atomic mass is 10.1. The quantitative estimate of drug-likeness (QED) is 0.792. The molecule has 1 aromatic heterocycles. The molecule has 1 N–H and O–H groups in total. The average molecular weight is 265 g/mol. The van der Waals surface area contributed by atoms with Gasteiger partial charge in [-0.2, -0.15) is 0 Å². The van der Waals surface area contributed by atoms with Crippen molar-refractivity contribution in [1.29, 1.82) is 0 Å². The first-order valence-corrected chi connectivity index (χ1v) is 6.50. The Morgan fingerprint density at radius 2 is 1.85 bits per heavy atom. The van der Waals surface area contributed by atoms with Crippen molar-refractivity contribution in [2.75, 3.05) is 0 Å². The second kappa shape index (κ2) is 5.27. The maximum absolute atomic E-state index is 9.63. The predicted octanol–water partition coefficient (Wildman–Crippen LogP) is 2.99. The van der Waals surface area contributed by atoms with Gasteiger partial charge in [-0.1, -0.05) is 47.7 Å². The normalized spacial score (nSPS) is 12.3. The number of hydrogen-bond donors (Lipinski definition) is 1. The van der Waals surface area contributed by atoms with Crippen LogP contribution in [0.15, 0.2) is 60.8 Å². The molecule has 0 spiro atoms. The molecule has 0 saturated heterocycles. The highest BCUT2D eigenvalue weighted by Gasteiger charge is 2.07. The van der Waals surface area contributed by atoms with Gasteiger partial charge in [0.15, 0.2) is 0 Å². The highest BCUT2D eigenvalue weighted by atomic mass is 16.3. The SMILES string of the molecule is CC(O)c1cccc(-n2cc(-c3ccccc3)nn2)c1. The van der Waals surface area contributed by atoms with Crippen molar-refractivity contribution in [2.24, 2.45) is 0 Å². The molecule has 3 aromatic rings. The lowest BCUT2D eigenvalue weighted by Gasteiger charge is -2.06. The van der Waals surface area contributed by atoms with Crippen molar-refractivity contribution in [3.63, 3.8) is 0 Å². The number of aliphatic hydroxyl groups is 1. The molecule has 1 unspecified atom stereocenters. The highest BCUT2D eigenvalue weighted by molar-refractivity contribution is 5.57. The number of rotatable bonds is 3. The summed E-state index contributed by atoms with van der Waals surface area (Å²) in [5, 5.41) is 18.0. The van der Waals surface area contributed by atoms with E-state index in [4.69, 9.17) is 0 Å². The summed E-state index contributed by atoms with van der Waals surface area (Å²) >= 11 is 0. The monoisotopic (exact) mass is 265 g/mol. The van der Waals surface area contributed by atoms with E-state index in [9.17, 15) is 5.11 Å². The van der Waals surface area contributed by atoms with E-state index < -0.39 is 6.10 Å². The summed E-state index contributed by atoms with van der Waals surface area (Å²) in [6, 6.07) is 17.6. The zero-order valence-corrected chi connectivity index (χ0v) is 11.1. The zero-order valence-electron chi connectivity index (χ0n) is 11.1. The molecule has 0 radical (unpaired) electrons. The first-order valence-electron chi connectivity index (χ1n) is 6.50. The summed E-state index contributed by atoms with van der Waals surface area (Å²) in [6.45, 7) is 1.75. The van der Waals surface area contributed by atoms with Crippen molar-refractivity contribution in [3.05, 3.63) is 66.4 Å². The smallest absolute Gasteiger partial charge is 0.113 e. The third-order valence-corrected chi connectivity index (χ3v) is 3.18. The molecule has 2 aromatic carbocycles. The van der Waals surface area contributed by atoms with E-state index in [0.717, 1.165) is 22.5 Å². The molecule has 1 heterocycles. The van der Waals surface area contributed by atoms with E-state index in [-0.39, 0.29) is 0 Å². The number of benzene rings is 2. The van der Waals surface area contributed by atoms with Gasteiger partial charge in [0.25, 0.3) is 0 Å². The standard InChI is InChI=1S/C16H15N3O/c1-12(20)14-8-5-9-15(10-14)19-11-16(17-18-19)13-6-3-2-4-7-13/h2-12,20H,1H3. The molecule has 0 fully saturated rings. The Bertz CT molecular complexity index is 705. The topological polar surface area (TPSA) is 50.9 Å². The van der Waals surface area contributed by atoms with E-state index in [0.29, 0.717) is 0 Å². The van der Waals surface area contributed by atoms with Crippen LogP contribution in [-0.2, 0) is 0 Å². The average Bonchev–Trinajstić information content (AvgIpc) is 2.98. The fourth-order valence-corrected chi connectivity index (χ4v) is 2.06. The first-order chi connectivity index (χ1) is 9.74. The Kier molecular flexibility index (Phi) is 3.31. The zero-order chi connectivity index (χ0) is 13.9. The van der Waals surface area contributed by atoms with Crippen LogP contribution in [0.1, 0.15) is 18.6 Å². The molecule has 100 valence electrons. The van der Waals surface area contributed by atoms with Gasteiger partial charge >= 0.3 is 0 Å². The van der Waals surface area contributed by atoms with Gasteiger partial charge in [-0.15, -0.1) is 5.10 Å². The molecule has 3 rings (SSSR count). The van der Waals surface area contributed by atoms with Gasteiger partial charge in [0.2, 0.25) is 0 Å². The van der Waals surface area contributed by atoms with Gasteiger partial charge in [0, 0.05) is 5.56 Å². The van der Waals surface area contributed by atoms with Crippen LogP contribution in [0.4, 0.5) is 0 Å². The number of aromatic nitrogens is 3. The summed E-state index contributed by atoms with van der Waals surface area (Å²) in [5.74, 6) is 0. The third kappa shape index (κ3) is 2.46. The van der Waals surface area contributed by atoms with Crippen molar-refractivity contribution < 1.29 is 5.11 Å². The number of nitrogens with zero attached hydrogens (tertiary/aromatic N) is 3. The maximum atomic E-state index is 9.63. The molecule has 0 bridgehead atoms. The second-order valence-electron chi connectivity index (χ2n) is 4.69. The van der Waals surface area contributed by atoms with Gasteiger partial charge in [-0.25, -0.2) is 4.68 Å². The fraction of sp³-hybridized carbons (Fsp3) is 0.125. The van der Waals surface area contributed by atoms with Gasteiger partial charge in [0.05, 0.1) is 18.0 Å². The largest absolute Gasteiger partial charge is 0.389 e. The van der Waals surface area contributed by atoms with Crippen molar-refractivity contribution in [3.8, 4) is 16.9 Å². The molecule has 20 heavy (non-hydrogen) atoms. The van der Waals surface area contributed by atoms with Crippen molar-refractivity contribution >= 4 is 0 Å². The van der Waals surface area contributed by atoms with Crippen molar-refractivity contribution in [2.45, 2.75) is 13.0 Å². The van der Waals surface area contributed by atoms with Crippen LogP contribution in [0.5, 0.6) is 0 Å². The Morgan fingerprint density at radius 1 is 1.05 bits per heavy atom. The van der Waals surface area contributed by atoms with Crippen LogP contribution in [-0.4, -0.2) is 20.1 Å². The molecule has 0 aliphatic carbocycles. The minimum atomic E-state index is -0.493. The van der Waals surface area contributed by atoms with Gasteiger partial charge < -0.3 is 5.11 Å². The van der Waals surface area contributed by atoms with Crippen molar-refractivity contribution in [1.82, 2.24) is 15.0 Å². The second-order valence-corrected chi connectivity index (χ2v) is 4.69. The minimum Gasteiger partial charge on any atom is -0.389 e. The summed E-state index contributed by atoms with van der Waals surface area (Å²) < 4.78 is 1.72. The minimum absolute atomic E-state index is 0.493.